The predicted octanol–water partition coefficient (Wildman–Crippen LogP) is 3.41. The van der Waals surface area contributed by atoms with Gasteiger partial charge in [-0.3, -0.25) is 0 Å². The Kier molecular flexibility index (Phi) is 10.0. The first-order valence-electron chi connectivity index (χ1n) is 4.99. The number of carbonyl (C=O) groups is 1. The highest BCUT2D eigenvalue weighted by Crippen LogP contribution is 2.20. The second-order valence-corrected chi connectivity index (χ2v) is 3.30. The summed E-state index contributed by atoms with van der Waals surface area (Å²) in [6.07, 6.45) is 3.48. The lowest BCUT2D eigenvalue weighted by Crippen LogP contribution is -2.25. The van der Waals surface area contributed by atoms with Crippen LogP contribution >= 0.6 is 24.8 Å². The third kappa shape index (κ3) is 4.82. The third-order valence-electron chi connectivity index (χ3n) is 2.17. The fraction of sp³-hybridized carbons (Fsp3) is 0.154. The van der Waals surface area contributed by atoms with Crippen molar-refractivity contribution >= 4 is 36.5 Å². The van der Waals surface area contributed by atoms with Gasteiger partial charge < -0.3 is 10.0 Å². The molecule has 0 fully saturated rings. The topological polar surface area (TPSA) is 40.5 Å². The Labute approximate surface area is 120 Å². The van der Waals surface area contributed by atoms with E-state index in [-0.39, 0.29) is 24.8 Å². The molecular formula is C13H17Cl2NO2. The summed E-state index contributed by atoms with van der Waals surface area (Å²) >= 11 is 0. The maximum absolute atomic E-state index is 11.1. The summed E-state index contributed by atoms with van der Waals surface area (Å²) in [6.45, 7) is 8.51. The van der Waals surface area contributed by atoms with Crippen LogP contribution in [0.25, 0.3) is 0 Å². The molecule has 1 N–H and O–H groups in total. The van der Waals surface area contributed by atoms with Crippen LogP contribution in [0.5, 0.6) is 0 Å². The van der Waals surface area contributed by atoms with Gasteiger partial charge in [-0.25, -0.2) is 4.79 Å². The molecule has 0 atom stereocenters. The van der Waals surface area contributed by atoms with E-state index in [4.69, 9.17) is 5.11 Å². The van der Waals surface area contributed by atoms with E-state index in [1.54, 1.807) is 30.4 Å². The average Bonchev–Trinajstić information content (AvgIpc) is 2.29. The van der Waals surface area contributed by atoms with Gasteiger partial charge in [0.1, 0.15) is 0 Å². The van der Waals surface area contributed by atoms with Gasteiger partial charge in [0, 0.05) is 13.1 Å². The summed E-state index contributed by atoms with van der Waals surface area (Å²) in [4.78, 5) is 13.0. The molecular weight excluding hydrogens is 273 g/mol. The van der Waals surface area contributed by atoms with E-state index in [1.165, 1.54) is 0 Å². The molecule has 0 unspecified atom stereocenters. The maximum Gasteiger partial charge on any atom is 0.337 e. The summed E-state index contributed by atoms with van der Waals surface area (Å²) in [5.41, 5.74) is 0.987. The number of rotatable bonds is 6. The van der Waals surface area contributed by atoms with Crippen LogP contribution in [0, 0.1) is 0 Å². The molecule has 3 nitrogen and oxygen atoms in total. The van der Waals surface area contributed by atoms with Crippen LogP contribution in [0.2, 0.25) is 0 Å². The van der Waals surface area contributed by atoms with Crippen LogP contribution in [-0.2, 0) is 0 Å². The fourth-order valence-corrected chi connectivity index (χ4v) is 1.51. The standard InChI is InChI=1S/C13H15NO2.2ClH/c1-3-9-14(10-4-2)12-8-6-5-7-11(12)13(15)16;;/h3-8H,1-2,9-10H2,(H,15,16);2*1H. The number of halogens is 2. The summed E-state index contributed by atoms with van der Waals surface area (Å²) < 4.78 is 0. The minimum atomic E-state index is -0.922. The van der Waals surface area contributed by atoms with Crippen molar-refractivity contribution in [1.82, 2.24) is 0 Å². The van der Waals surface area contributed by atoms with Crippen LogP contribution in [0.4, 0.5) is 5.69 Å². The fourth-order valence-electron chi connectivity index (χ4n) is 1.51. The smallest absolute Gasteiger partial charge is 0.337 e. The highest BCUT2D eigenvalue weighted by molar-refractivity contribution is 5.94. The van der Waals surface area contributed by atoms with E-state index in [2.05, 4.69) is 13.2 Å². The molecule has 1 rings (SSSR count). The van der Waals surface area contributed by atoms with Gasteiger partial charge in [-0.05, 0) is 12.1 Å². The lowest BCUT2D eigenvalue weighted by atomic mass is 10.1. The van der Waals surface area contributed by atoms with E-state index in [1.807, 2.05) is 11.0 Å². The molecule has 0 aliphatic heterocycles. The van der Waals surface area contributed by atoms with Crippen LogP contribution < -0.4 is 4.90 Å². The number of hydrogen-bond acceptors (Lipinski definition) is 2. The molecule has 0 bridgehead atoms. The molecule has 5 heteroatoms. The molecule has 0 aliphatic carbocycles. The predicted molar refractivity (Wildman–Crippen MR) is 80.5 cm³/mol. The molecule has 1 aromatic carbocycles. The molecule has 1 aromatic rings. The summed E-state index contributed by atoms with van der Waals surface area (Å²) in [7, 11) is 0. The molecule has 100 valence electrons. The van der Waals surface area contributed by atoms with Crippen molar-refractivity contribution in [2.24, 2.45) is 0 Å². The van der Waals surface area contributed by atoms with Gasteiger partial charge in [0.05, 0.1) is 11.3 Å². The van der Waals surface area contributed by atoms with Crippen molar-refractivity contribution in [3.05, 3.63) is 55.1 Å². The first kappa shape index (κ1) is 18.9. The Balaban J connectivity index is 0. The molecule has 0 saturated heterocycles. The third-order valence-corrected chi connectivity index (χ3v) is 2.17. The zero-order valence-electron chi connectivity index (χ0n) is 9.91. The Hall–Kier alpha value is -1.45. The van der Waals surface area contributed by atoms with Crippen molar-refractivity contribution in [3.63, 3.8) is 0 Å². The van der Waals surface area contributed by atoms with E-state index >= 15 is 0 Å². The molecule has 0 saturated carbocycles. The van der Waals surface area contributed by atoms with Gasteiger partial charge in [-0.1, -0.05) is 24.3 Å². The van der Waals surface area contributed by atoms with Gasteiger partial charge in [-0.2, -0.15) is 0 Å². The molecule has 0 aromatic heterocycles. The second-order valence-electron chi connectivity index (χ2n) is 3.30. The number of hydrogen-bond donors (Lipinski definition) is 1. The zero-order chi connectivity index (χ0) is 12.0. The maximum atomic E-state index is 11.1. The molecule has 0 aliphatic rings. The number of benzene rings is 1. The van der Waals surface area contributed by atoms with Gasteiger partial charge in [0.2, 0.25) is 0 Å². The Morgan fingerprint density at radius 3 is 2.11 bits per heavy atom. The Morgan fingerprint density at radius 2 is 1.67 bits per heavy atom. The summed E-state index contributed by atoms with van der Waals surface area (Å²) in [5, 5.41) is 9.07. The van der Waals surface area contributed by atoms with Gasteiger partial charge >= 0.3 is 5.97 Å². The van der Waals surface area contributed by atoms with Gasteiger partial charge in [-0.15, -0.1) is 38.0 Å². The lowest BCUT2D eigenvalue weighted by molar-refractivity contribution is 0.0697. The number of carboxylic acids is 1. The van der Waals surface area contributed by atoms with Gasteiger partial charge in [0.15, 0.2) is 0 Å². The van der Waals surface area contributed by atoms with E-state index in [0.29, 0.717) is 24.3 Å². The first-order valence-corrected chi connectivity index (χ1v) is 4.99. The lowest BCUT2D eigenvalue weighted by Gasteiger charge is -2.23. The van der Waals surface area contributed by atoms with E-state index < -0.39 is 5.97 Å². The largest absolute Gasteiger partial charge is 0.478 e. The number of para-hydroxylation sites is 1. The number of nitrogens with zero attached hydrogens (tertiary/aromatic N) is 1. The molecule has 0 radical (unpaired) electrons. The highest BCUT2D eigenvalue weighted by Gasteiger charge is 2.13. The summed E-state index contributed by atoms with van der Waals surface area (Å²) in [5.74, 6) is -0.922. The normalized spacial score (nSPS) is 8.44. The van der Waals surface area contributed by atoms with Crippen LogP contribution in [0.3, 0.4) is 0 Å². The Morgan fingerprint density at radius 1 is 1.17 bits per heavy atom. The zero-order valence-corrected chi connectivity index (χ0v) is 11.5. The second kappa shape index (κ2) is 9.57. The van der Waals surface area contributed by atoms with Crippen LogP contribution in [-0.4, -0.2) is 24.2 Å². The van der Waals surface area contributed by atoms with Crippen molar-refractivity contribution in [2.75, 3.05) is 18.0 Å². The molecule has 18 heavy (non-hydrogen) atoms. The molecule has 0 spiro atoms. The first-order chi connectivity index (χ1) is 7.70. The monoisotopic (exact) mass is 289 g/mol. The van der Waals surface area contributed by atoms with Crippen molar-refractivity contribution < 1.29 is 9.90 Å². The number of anilines is 1. The van der Waals surface area contributed by atoms with Crippen molar-refractivity contribution in [2.45, 2.75) is 0 Å². The Bertz CT molecular complexity index is 398. The minimum Gasteiger partial charge on any atom is -0.478 e. The SMILES string of the molecule is C=CCN(CC=C)c1ccccc1C(=O)O.Cl.Cl. The average molecular weight is 290 g/mol. The quantitative estimate of drug-likeness (QED) is 0.816. The van der Waals surface area contributed by atoms with Gasteiger partial charge in [0.25, 0.3) is 0 Å². The number of carboxylic acid groups (broad SMARTS) is 1. The van der Waals surface area contributed by atoms with E-state index in [9.17, 15) is 4.79 Å². The highest BCUT2D eigenvalue weighted by atomic mass is 35.5. The van der Waals surface area contributed by atoms with Crippen LogP contribution in [0.15, 0.2) is 49.6 Å². The van der Waals surface area contributed by atoms with Crippen LogP contribution in [0.1, 0.15) is 10.4 Å². The number of aromatic carboxylic acids is 1. The van der Waals surface area contributed by atoms with E-state index in [0.717, 1.165) is 0 Å². The summed E-state index contributed by atoms with van der Waals surface area (Å²) in [6, 6.07) is 6.92. The molecule has 0 heterocycles. The van der Waals surface area contributed by atoms with Crippen molar-refractivity contribution in [3.8, 4) is 0 Å². The molecule has 0 amide bonds. The van der Waals surface area contributed by atoms with Crippen molar-refractivity contribution in [1.29, 1.82) is 0 Å². The minimum absolute atomic E-state index is 0.